The van der Waals surface area contributed by atoms with E-state index in [-0.39, 0.29) is 30.1 Å². The number of nitrogens with zero attached hydrogens (tertiary/aromatic N) is 3. The van der Waals surface area contributed by atoms with Gasteiger partial charge in [0, 0.05) is 29.7 Å². The highest BCUT2D eigenvalue weighted by Gasteiger charge is 2.43. The van der Waals surface area contributed by atoms with Gasteiger partial charge in [-0.2, -0.15) is 0 Å². The van der Waals surface area contributed by atoms with Gasteiger partial charge in [-0.05, 0) is 55.4 Å². The fraction of sp³-hybridized carbons (Fsp3) is 0.565. The smallest absolute Gasteiger partial charge is 0.348 e. The molecule has 2 rings (SSSR count). The van der Waals surface area contributed by atoms with Crippen molar-refractivity contribution >= 4 is 24.5 Å². The third-order valence-electron chi connectivity index (χ3n) is 4.94. The van der Waals surface area contributed by atoms with E-state index in [1.54, 1.807) is 0 Å². The Balaban J connectivity index is 2.96. The Morgan fingerprint density at radius 1 is 0.897 bits per heavy atom. The summed E-state index contributed by atoms with van der Waals surface area (Å²) >= 11 is 0. The molecule has 1 aromatic carbocycles. The van der Waals surface area contributed by atoms with Gasteiger partial charge in [-0.15, -0.1) is 0 Å². The zero-order valence-corrected chi connectivity index (χ0v) is 20.2. The Hall–Kier alpha value is -1.64. The van der Waals surface area contributed by atoms with Crippen LogP contribution in [0.1, 0.15) is 61.0 Å². The van der Waals surface area contributed by atoms with Crippen LogP contribution in [0.3, 0.4) is 0 Å². The monoisotopic (exact) mass is 417 g/mol. The zero-order chi connectivity index (χ0) is 21.9. The Morgan fingerprint density at radius 2 is 1.34 bits per heavy atom. The van der Waals surface area contributed by atoms with Crippen molar-refractivity contribution in [3.05, 3.63) is 41.5 Å². The zero-order valence-electron chi connectivity index (χ0n) is 19.3. The molecule has 0 N–H and O–H groups in total. The number of hydrogen-bond acceptors (Lipinski definition) is 5. The number of esters is 1. The maximum Gasteiger partial charge on any atom is 0.348 e. The summed E-state index contributed by atoms with van der Waals surface area (Å²) in [6.07, 6.45) is 0. The summed E-state index contributed by atoms with van der Waals surface area (Å²) in [5.41, 5.74) is 5.68. The molecule has 0 atom stereocenters. The summed E-state index contributed by atoms with van der Waals surface area (Å²) in [4.78, 5) is 12.8. The van der Waals surface area contributed by atoms with Gasteiger partial charge in [0.1, 0.15) is 5.57 Å². The van der Waals surface area contributed by atoms with Crippen molar-refractivity contribution in [2.75, 3.05) is 7.11 Å². The summed E-state index contributed by atoms with van der Waals surface area (Å²) in [6.45, 7) is 17.5. The summed E-state index contributed by atoms with van der Waals surface area (Å²) < 4.78 is 15.4. The van der Waals surface area contributed by atoms with Gasteiger partial charge in [0.2, 0.25) is 0 Å². The lowest BCUT2D eigenvalue weighted by atomic mass is 10.0. The first-order chi connectivity index (χ1) is 13.6. The van der Waals surface area contributed by atoms with Crippen LogP contribution in [0.15, 0.2) is 40.7 Å². The number of carbonyl (C=O) groups is 1. The average molecular weight is 418 g/mol. The van der Waals surface area contributed by atoms with Crippen LogP contribution < -0.4 is 0 Å². The largest absolute Gasteiger partial charge is 0.465 e. The van der Waals surface area contributed by atoms with E-state index in [1.165, 1.54) is 7.11 Å². The Morgan fingerprint density at radius 3 is 1.72 bits per heavy atom. The molecule has 5 nitrogen and oxygen atoms in total. The van der Waals surface area contributed by atoms with E-state index in [0.29, 0.717) is 11.3 Å². The molecule has 0 spiro atoms. The second-order valence-electron chi connectivity index (χ2n) is 8.50. The average Bonchev–Trinajstić information content (AvgIpc) is 3.01. The fourth-order valence-electron chi connectivity index (χ4n) is 4.28. The van der Waals surface area contributed by atoms with Crippen LogP contribution in [0, 0.1) is 0 Å². The Bertz CT molecular complexity index is 810. The van der Waals surface area contributed by atoms with Crippen molar-refractivity contribution in [3.8, 4) is 0 Å². The van der Waals surface area contributed by atoms with Crippen molar-refractivity contribution < 1.29 is 9.53 Å². The van der Waals surface area contributed by atoms with Gasteiger partial charge in [0.15, 0.2) is 7.34 Å². The quantitative estimate of drug-likeness (QED) is 0.442. The molecular formula is C23H36N3O2P. The molecule has 0 fully saturated rings. The highest BCUT2D eigenvalue weighted by Crippen LogP contribution is 2.61. The van der Waals surface area contributed by atoms with Crippen molar-refractivity contribution in [2.24, 2.45) is 4.76 Å². The van der Waals surface area contributed by atoms with E-state index in [4.69, 9.17) is 9.50 Å². The van der Waals surface area contributed by atoms with Crippen LogP contribution in [0.4, 0.5) is 0 Å². The molecule has 0 aromatic heterocycles. The van der Waals surface area contributed by atoms with Gasteiger partial charge in [0.05, 0.1) is 12.8 Å². The SMILES string of the molecule is COC(=O)C1=C=P(N(C(C)C)C(C)C)(N(C(C)C)C(C)C)N=C1c1ccccc1. The molecule has 0 aliphatic carbocycles. The fourth-order valence-corrected chi connectivity index (χ4v) is 8.57. The lowest BCUT2D eigenvalue weighted by Crippen LogP contribution is -2.44. The van der Waals surface area contributed by atoms with E-state index >= 15 is 0 Å². The van der Waals surface area contributed by atoms with E-state index < -0.39 is 7.34 Å². The standard InChI is InChI=1S/C23H36N3O2P/c1-16(2)25(17(3)4)29(26(18(5)6)19(7)8)15-21(23(27)28-9)22(24-29)20-13-11-10-12-14-20/h10-14,16-19H,1-9H3. The van der Waals surface area contributed by atoms with Crippen LogP contribution in [0.5, 0.6) is 0 Å². The normalized spacial score (nSPS) is 16.1. The highest BCUT2D eigenvalue weighted by atomic mass is 31.2. The lowest BCUT2D eigenvalue weighted by Gasteiger charge is -2.47. The van der Waals surface area contributed by atoms with Crippen LogP contribution >= 0.6 is 7.34 Å². The van der Waals surface area contributed by atoms with E-state index in [1.807, 2.05) is 30.3 Å². The maximum absolute atomic E-state index is 12.8. The predicted molar refractivity (Wildman–Crippen MR) is 125 cm³/mol. The minimum atomic E-state index is -2.47. The summed E-state index contributed by atoms with van der Waals surface area (Å²) in [6, 6.07) is 10.9. The minimum Gasteiger partial charge on any atom is -0.465 e. The van der Waals surface area contributed by atoms with Gasteiger partial charge < -0.3 is 4.74 Å². The first-order valence-corrected chi connectivity index (χ1v) is 12.1. The summed E-state index contributed by atoms with van der Waals surface area (Å²) in [7, 11) is -1.05. The predicted octanol–water partition coefficient (Wildman–Crippen LogP) is 4.99. The van der Waals surface area contributed by atoms with Crippen molar-refractivity contribution in [1.82, 2.24) is 9.34 Å². The third-order valence-corrected chi connectivity index (χ3v) is 9.07. The van der Waals surface area contributed by atoms with Gasteiger partial charge >= 0.3 is 5.97 Å². The van der Waals surface area contributed by atoms with E-state index in [0.717, 1.165) is 5.56 Å². The molecule has 0 saturated carbocycles. The van der Waals surface area contributed by atoms with Crippen LogP contribution in [0.2, 0.25) is 0 Å². The lowest BCUT2D eigenvalue weighted by molar-refractivity contribution is -0.135. The number of rotatable bonds is 8. The van der Waals surface area contributed by atoms with Gasteiger partial charge in [0.25, 0.3) is 0 Å². The highest BCUT2D eigenvalue weighted by molar-refractivity contribution is 7.69. The van der Waals surface area contributed by atoms with E-state index in [2.05, 4.69) is 70.2 Å². The second-order valence-corrected chi connectivity index (χ2v) is 11.0. The number of carbonyl (C=O) groups excluding carboxylic acids is 1. The molecule has 0 bridgehead atoms. The van der Waals surface area contributed by atoms with Gasteiger partial charge in [-0.3, -0.25) is 0 Å². The number of benzene rings is 1. The van der Waals surface area contributed by atoms with Crippen molar-refractivity contribution in [1.29, 1.82) is 0 Å². The molecular weight excluding hydrogens is 381 g/mol. The first-order valence-electron chi connectivity index (χ1n) is 10.4. The molecule has 6 heteroatoms. The maximum atomic E-state index is 12.8. The minimum absolute atomic E-state index is 0.244. The van der Waals surface area contributed by atoms with Crippen LogP contribution in [0.25, 0.3) is 0 Å². The Labute approximate surface area is 176 Å². The summed E-state index contributed by atoms with van der Waals surface area (Å²) in [5.74, 6) is -0.380. The molecule has 1 aromatic rings. The van der Waals surface area contributed by atoms with Crippen molar-refractivity contribution in [3.63, 3.8) is 0 Å². The third kappa shape index (κ3) is 4.59. The van der Waals surface area contributed by atoms with Gasteiger partial charge in [-0.25, -0.2) is 18.9 Å². The van der Waals surface area contributed by atoms with Gasteiger partial charge in [-0.1, -0.05) is 35.8 Å². The molecule has 0 amide bonds. The van der Waals surface area contributed by atoms with Crippen LogP contribution in [-0.4, -0.2) is 57.8 Å². The number of ether oxygens (including phenoxy) is 1. The molecule has 1 aliphatic rings. The van der Waals surface area contributed by atoms with Crippen LogP contribution in [-0.2, 0) is 9.53 Å². The molecule has 0 unspecified atom stereocenters. The molecule has 1 heterocycles. The molecule has 0 radical (unpaired) electrons. The second kappa shape index (κ2) is 9.45. The van der Waals surface area contributed by atoms with E-state index in [9.17, 15) is 4.79 Å². The topological polar surface area (TPSA) is 45.1 Å². The number of hydrogen-bond donors (Lipinski definition) is 0. The number of methoxy groups -OCH3 is 1. The van der Waals surface area contributed by atoms with Crippen molar-refractivity contribution in [2.45, 2.75) is 79.6 Å². The molecule has 160 valence electrons. The molecule has 1 aliphatic heterocycles. The molecule has 0 saturated heterocycles. The summed E-state index contributed by atoms with van der Waals surface area (Å²) in [5, 5.41) is 0. The Kier molecular flexibility index (Phi) is 7.70. The first kappa shape index (κ1) is 23.6. The molecule has 29 heavy (non-hydrogen) atoms.